The molecule has 3 N–H and O–H groups in total. The Bertz CT molecular complexity index is 1150. The number of carbonyl (C=O) groups excluding carboxylic acids is 1. The molecule has 1 unspecified atom stereocenters. The average molecular weight is 425 g/mol. The lowest BCUT2D eigenvalue weighted by molar-refractivity contribution is -0.116. The van der Waals surface area contributed by atoms with Crippen molar-refractivity contribution >= 4 is 11.6 Å². The number of benzene rings is 3. The van der Waals surface area contributed by atoms with Gasteiger partial charge in [0.25, 0.3) is 0 Å². The molecule has 32 heavy (non-hydrogen) atoms. The number of anilines is 1. The van der Waals surface area contributed by atoms with Gasteiger partial charge in [0.05, 0.1) is 22.9 Å². The first-order chi connectivity index (χ1) is 15.5. The number of para-hydroxylation sites is 1. The van der Waals surface area contributed by atoms with Crippen LogP contribution in [0.25, 0.3) is 0 Å². The fraction of sp³-hybridized carbons (Fsp3) is 0.192. The van der Waals surface area contributed by atoms with Crippen LogP contribution in [-0.4, -0.2) is 17.6 Å². The summed E-state index contributed by atoms with van der Waals surface area (Å²) in [5.41, 5.74) is 3.02. The molecular formula is C26H24N4O2. The fourth-order valence-corrected chi connectivity index (χ4v) is 3.44. The van der Waals surface area contributed by atoms with Crippen molar-refractivity contribution in [2.24, 2.45) is 0 Å². The zero-order valence-electron chi connectivity index (χ0n) is 17.7. The molecule has 3 rings (SSSR count). The van der Waals surface area contributed by atoms with Crippen molar-refractivity contribution in [3.63, 3.8) is 0 Å². The van der Waals surface area contributed by atoms with E-state index < -0.39 is 0 Å². The second-order valence-corrected chi connectivity index (χ2v) is 7.57. The third kappa shape index (κ3) is 5.72. The van der Waals surface area contributed by atoms with Crippen LogP contribution in [0.2, 0.25) is 0 Å². The summed E-state index contributed by atoms with van der Waals surface area (Å²) < 4.78 is 0. The van der Waals surface area contributed by atoms with Gasteiger partial charge in [-0.15, -0.1) is 0 Å². The van der Waals surface area contributed by atoms with Crippen LogP contribution in [-0.2, 0) is 4.79 Å². The number of nitrogens with zero attached hydrogens (tertiary/aromatic N) is 2. The highest BCUT2D eigenvalue weighted by Gasteiger charge is 2.18. The zero-order chi connectivity index (χ0) is 22.9. The van der Waals surface area contributed by atoms with E-state index in [1.54, 1.807) is 24.3 Å². The molecular weight excluding hydrogens is 400 g/mol. The molecule has 0 aliphatic carbocycles. The van der Waals surface area contributed by atoms with E-state index in [9.17, 15) is 9.90 Å². The molecule has 0 aliphatic heterocycles. The highest BCUT2D eigenvalue weighted by atomic mass is 16.3. The molecule has 2 atom stereocenters. The van der Waals surface area contributed by atoms with Crippen molar-refractivity contribution in [1.82, 2.24) is 5.32 Å². The summed E-state index contributed by atoms with van der Waals surface area (Å²) in [6.45, 7) is 2.72. The molecule has 0 fully saturated rings. The highest BCUT2D eigenvalue weighted by Crippen LogP contribution is 2.28. The van der Waals surface area contributed by atoms with Crippen LogP contribution in [0.15, 0.2) is 72.8 Å². The SMILES string of the molecule is CC(CN[C@@H](CC(=O)Nc1cccc(C#N)c1O)c1ccccc1)c1ccc(C#N)cc1. The number of aromatic hydroxyl groups is 1. The summed E-state index contributed by atoms with van der Waals surface area (Å²) in [5.74, 6) is -0.335. The smallest absolute Gasteiger partial charge is 0.226 e. The lowest BCUT2D eigenvalue weighted by Gasteiger charge is -2.22. The van der Waals surface area contributed by atoms with Crippen LogP contribution in [0.4, 0.5) is 5.69 Å². The van der Waals surface area contributed by atoms with Crippen LogP contribution < -0.4 is 10.6 Å². The van der Waals surface area contributed by atoms with E-state index in [-0.39, 0.29) is 41.3 Å². The maximum atomic E-state index is 12.8. The standard InChI is InChI=1S/C26H24N4O2/c1-18(20-12-10-19(15-27)11-13-20)17-29-24(21-6-3-2-4-7-21)14-25(31)30-23-9-5-8-22(16-28)26(23)32/h2-13,18,24,29,32H,14,17H2,1H3,(H,30,31)/t18?,24-/m0/s1. The van der Waals surface area contributed by atoms with Crippen molar-refractivity contribution in [3.8, 4) is 17.9 Å². The summed E-state index contributed by atoms with van der Waals surface area (Å²) in [4.78, 5) is 12.8. The molecule has 160 valence electrons. The molecule has 0 saturated carbocycles. The molecule has 6 heteroatoms. The number of carbonyl (C=O) groups is 1. The van der Waals surface area contributed by atoms with Gasteiger partial charge in [0.2, 0.25) is 5.91 Å². The Morgan fingerprint density at radius 2 is 1.66 bits per heavy atom. The Morgan fingerprint density at radius 1 is 0.938 bits per heavy atom. The molecule has 0 radical (unpaired) electrons. The number of phenols is 1. The van der Waals surface area contributed by atoms with Gasteiger partial charge >= 0.3 is 0 Å². The number of phenolic OH excluding ortho intramolecular Hbond substituents is 1. The third-order valence-corrected chi connectivity index (χ3v) is 5.30. The fourth-order valence-electron chi connectivity index (χ4n) is 3.44. The van der Waals surface area contributed by atoms with Gasteiger partial charge in [0.1, 0.15) is 6.07 Å². The quantitative estimate of drug-likeness (QED) is 0.458. The minimum absolute atomic E-state index is 0.108. The topological polar surface area (TPSA) is 109 Å². The first-order valence-corrected chi connectivity index (χ1v) is 10.3. The van der Waals surface area contributed by atoms with Crippen molar-refractivity contribution in [2.45, 2.75) is 25.3 Å². The Hall–Kier alpha value is -4.13. The van der Waals surface area contributed by atoms with Crippen molar-refractivity contribution in [2.75, 3.05) is 11.9 Å². The van der Waals surface area contributed by atoms with Gasteiger partial charge in [-0.2, -0.15) is 10.5 Å². The second kappa shape index (κ2) is 10.8. The van der Waals surface area contributed by atoms with E-state index in [0.717, 1.165) is 11.1 Å². The minimum atomic E-state index is -0.275. The molecule has 0 spiro atoms. The predicted octanol–water partition coefficient (Wildman–Crippen LogP) is 4.60. The van der Waals surface area contributed by atoms with E-state index in [1.165, 1.54) is 6.07 Å². The molecule has 3 aromatic rings. The molecule has 6 nitrogen and oxygen atoms in total. The molecule has 0 aromatic heterocycles. The Kier molecular flexibility index (Phi) is 7.59. The van der Waals surface area contributed by atoms with Gasteiger partial charge in [-0.05, 0) is 41.3 Å². The second-order valence-electron chi connectivity index (χ2n) is 7.57. The van der Waals surface area contributed by atoms with Crippen LogP contribution in [0.5, 0.6) is 5.75 Å². The summed E-state index contributed by atoms with van der Waals surface area (Å²) in [6.07, 6.45) is 0.153. The molecule has 0 bridgehead atoms. The maximum absolute atomic E-state index is 12.8. The zero-order valence-corrected chi connectivity index (χ0v) is 17.7. The van der Waals surface area contributed by atoms with Gasteiger partial charge in [-0.1, -0.05) is 55.5 Å². The number of hydrogen-bond acceptors (Lipinski definition) is 5. The van der Waals surface area contributed by atoms with Gasteiger partial charge in [0.15, 0.2) is 5.75 Å². The molecule has 0 aliphatic rings. The van der Waals surface area contributed by atoms with Crippen LogP contribution in [0, 0.1) is 22.7 Å². The maximum Gasteiger partial charge on any atom is 0.226 e. The van der Waals surface area contributed by atoms with Crippen molar-refractivity contribution in [3.05, 3.63) is 95.1 Å². The van der Waals surface area contributed by atoms with Gasteiger partial charge in [-0.3, -0.25) is 4.79 Å². The van der Waals surface area contributed by atoms with Crippen molar-refractivity contribution < 1.29 is 9.90 Å². The summed E-state index contributed by atoms with van der Waals surface area (Å²) in [6, 6.07) is 25.6. The van der Waals surface area contributed by atoms with Gasteiger partial charge < -0.3 is 15.7 Å². The van der Waals surface area contributed by atoms with Crippen molar-refractivity contribution in [1.29, 1.82) is 10.5 Å². The van der Waals surface area contributed by atoms with E-state index in [0.29, 0.717) is 12.1 Å². The first kappa shape index (κ1) is 22.6. The van der Waals surface area contributed by atoms with E-state index in [4.69, 9.17) is 10.5 Å². The Morgan fingerprint density at radius 3 is 2.31 bits per heavy atom. The molecule has 1 amide bonds. The number of rotatable bonds is 8. The van der Waals surface area contributed by atoms with Gasteiger partial charge in [0, 0.05) is 19.0 Å². The predicted molar refractivity (Wildman–Crippen MR) is 123 cm³/mol. The molecule has 0 heterocycles. The molecule has 3 aromatic carbocycles. The van der Waals surface area contributed by atoms with E-state index in [1.807, 2.05) is 48.5 Å². The highest BCUT2D eigenvalue weighted by molar-refractivity contribution is 5.93. The number of nitrogens with one attached hydrogen (secondary N) is 2. The van der Waals surface area contributed by atoms with Crippen LogP contribution in [0.3, 0.4) is 0 Å². The van der Waals surface area contributed by atoms with E-state index >= 15 is 0 Å². The van der Waals surface area contributed by atoms with Crippen LogP contribution >= 0.6 is 0 Å². The normalized spacial score (nSPS) is 12.2. The molecule has 0 saturated heterocycles. The number of nitriles is 2. The number of amides is 1. The Balaban J connectivity index is 1.70. The monoisotopic (exact) mass is 424 g/mol. The summed E-state index contributed by atoms with van der Waals surface area (Å²) in [7, 11) is 0. The lowest BCUT2D eigenvalue weighted by atomic mass is 9.98. The summed E-state index contributed by atoms with van der Waals surface area (Å²) >= 11 is 0. The average Bonchev–Trinajstić information content (AvgIpc) is 2.83. The van der Waals surface area contributed by atoms with Gasteiger partial charge in [-0.25, -0.2) is 0 Å². The first-order valence-electron chi connectivity index (χ1n) is 10.3. The third-order valence-electron chi connectivity index (χ3n) is 5.30. The number of hydrogen-bond donors (Lipinski definition) is 3. The lowest BCUT2D eigenvalue weighted by Crippen LogP contribution is -2.29. The Labute approximate surface area is 187 Å². The van der Waals surface area contributed by atoms with E-state index in [2.05, 4.69) is 23.6 Å². The minimum Gasteiger partial charge on any atom is -0.504 e. The summed E-state index contributed by atoms with van der Waals surface area (Å²) in [5, 5.41) is 34.4. The van der Waals surface area contributed by atoms with Crippen LogP contribution in [0.1, 0.15) is 47.6 Å². The largest absolute Gasteiger partial charge is 0.504 e.